The van der Waals surface area contributed by atoms with Gasteiger partial charge in [-0.25, -0.2) is 4.79 Å². The summed E-state index contributed by atoms with van der Waals surface area (Å²) < 4.78 is 5.23. The maximum absolute atomic E-state index is 11.8. The highest BCUT2D eigenvalue weighted by atomic mass is 16.6. The average molecular weight is 244 g/mol. The molecule has 5 nitrogen and oxygen atoms in total. The van der Waals surface area contributed by atoms with Crippen molar-refractivity contribution in [1.29, 1.82) is 0 Å². The standard InChI is InChI=1S/C12H24N2O3/c1-8(2)9(10(15)13-6)14(7)11(16)17-12(3,4)5/h8-9H,1-7H3,(H,13,15)/t9-/m1/s1. The number of nitrogens with one attached hydrogen (secondary N) is 1. The van der Waals surface area contributed by atoms with Gasteiger partial charge < -0.3 is 10.1 Å². The lowest BCUT2D eigenvalue weighted by molar-refractivity contribution is -0.126. The van der Waals surface area contributed by atoms with E-state index in [1.807, 2.05) is 13.8 Å². The first-order valence-corrected chi connectivity index (χ1v) is 5.77. The maximum atomic E-state index is 11.8. The topological polar surface area (TPSA) is 58.6 Å². The fourth-order valence-corrected chi connectivity index (χ4v) is 1.52. The molecule has 0 bridgehead atoms. The minimum absolute atomic E-state index is 0.0208. The van der Waals surface area contributed by atoms with Crippen LogP contribution in [0, 0.1) is 5.92 Å². The van der Waals surface area contributed by atoms with Crippen molar-refractivity contribution in [3.63, 3.8) is 0 Å². The van der Waals surface area contributed by atoms with E-state index in [-0.39, 0.29) is 11.8 Å². The van der Waals surface area contributed by atoms with Gasteiger partial charge in [0, 0.05) is 14.1 Å². The van der Waals surface area contributed by atoms with Crippen molar-refractivity contribution in [2.45, 2.75) is 46.3 Å². The first kappa shape index (κ1) is 15.7. The SMILES string of the molecule is CNC(=O)[C@@H](C(C)C)N(C)C(=O)OC(C)(C)C. The van der Waals surface area contributed by atoms with Crippen LogP contribution in [0.5, 0.6) is 0 Å². The van der Waals surface area contributed by atoms with Crippen LogP contribution in [0.3, 0.4) is 0 Å². The number of carbonyl (C=O) groups is 2. The number of ether oxygens (including phenoxy) is 1. The summed E-state index contributed by atoms with van der Waals surface area (Å²) >= 11 is 0. The van der Waals surface area contributed by atoms with Crippen LogP contribution in [0.15, 0.2) is 0 Å². The zero-order valence-electron chi connectivity index (χ0n) is 11.8. The van der Waals surface area contributed by atoms with Crippen LogP contribution in [0.1, 0.15) is 34.6 Å². The molecule has 0 unspecified atom stereocenters. The molecule has 0 rings (SSSR count). The number of likely N-dealkylation sites (N-methyl/N-ethyl adjacent to an activating group) is 2. The van der Waals surface area contributed by atoms with E-state index < -0.39 is 17.7 Å². The molecule has 100 valence electrons. The van der Waals surface area contributed by atoms with Gasteiger partial charge in [-0.05, 0) is 26.7 Å². The molecule has 1 atom stereocenters. The molecular weight excluding hydrogens is 220 g/mol. The maximum Gasteiger partial charge on any atom is 0.410 e. The molecule has 0 spiro atoms. The molecule has 17 heavy (non-hydrogen) atoms. The lowest BCUT2D eigenvalue weighted by Crippen LogP contribution is -2.50. The van der Waals surface area contributed by atoms with E-state index in [2.05, 4.69) is 5.32 Å². The monoisotopic (exact) mass is 244 g/mol. The zero-order valence-corrected chi connectivity index (χ0v) is 11.8. The number of rotatable bonds is 3. The molecule has 0 aliphatic rings. The predicted molar refractivity (Wildman–Crippen MR) is 66.7 cm³/mol. The van der Waals surface area contributed by atoms with Crippen molar-refractivity contribution >= 4 is 12.0 Å². The third-order valence-corrected chi connectivity index (χ3v) is 2.25. The second kappa shape index (κ2) is 5.89. The van der Waals surface area contributed by atoms with Gasteiger partial charge in [-0.3, -0.25) is 9.69 Å². The molecule has 0 saturated heterocycles. The van der Waals surface area contributed by atoms with Crippen molar-refractivity contribution in [2.24, 2.45) is 5.92 Å². The second-order valence-corrected chi connectivity index (χ2v) is 5.39. The summed E-state index contributed by atoms with van der Waals surface area (Å²) in [4.78, 5) is 24.9. The van der Waals surface area contributed by atoms with Gasteiger partial charge in [0.25, 0.3) is 0 Å². The predicted octanol–water partition coefficient (Wildman–Crippen LogP) is 1.62. The molecule has 5 heteroatoms. The van der Waals surface area contributed by atoms with Gasteiger partial charge in [0.15, 0.2) is 0 Å². The van der Waals surface area contributed by atoms with Crippen LogP contribution in [-0.4, -0.2) is 42.6 Å². The van der Waals surface area contributed by atoms with Gasteiger partial charge >= 0.3 is 6.09 Å². The minimum Gasteiger partial charge on any atom is -0.444 e. The summed E-state index contributed by atoms with van der Waals surface area (Å²) in [6.45, 7) is 9.16. The highest BCUT2D eigenvalue weighted by Crippen LogP contribution is 2.14. The Kier molecular flexibility index (Phi) is 5.45. The summed E-state index contributed by atoms with van der Waals surface area (Å²) in [6.07, 6.45) is -0.486. The zero-order chi connectivity index (χ0) is 13.8. The molecule has 0 saturated carbocycles. The summed E-state index contributed by atoms with van der Waals surface area (Å²) in [5, 5.41) is 2.56. The lowest BCUT2D eigenvalue weighted by Gasteiger charge is -2.31. The van der Waals surface area contributed by atoms with Crippen LogP contribution in [0.4, 0.5) is 4.79 Å². The molecule has 0 aromatic rings. The van der Waals surface area contributed by atoms with Crippen LogP contribution in [0.2, 0.25) is 0 Å². The number of carbonyl (C=O) groups excluding carboxylic acids is 2. The molecule has 0 aromatic heterocycles. The molecule has 0 aliphatic heterocycles. The van der Waals surface area contributed by atoms with Crippen molar-refractivity contribution < 1.29 is 14.3 Å². The van der Waals surface area contributed by atoms with E-state index in [9.17, 15) is 9.59 Å². The first-order valence-electron chi connectivity index (χ1n) is 5.77. The first-order chi connectivity index (χ1) is 7.60. The quantitative estimate of drug-likeness (QED) is 0.820. The number of hydrogen-bond acceptors (Lipinski definition) is 3. The van der Waals surface area contributed by atoms with E-state index in [1.165, 1.54) is 4.90 Å². The summed E-state index contributed by atoms with van der Waals surface area (Å²) in [5.74, 6) is -0.166. The molecule has 0 heterocycles. The summed E-state index contributed by atoms with van der Waals surface area (Å²) in [7, 11) is 3.13. The molecule has 0 aromatic carbocycles. The smallest absolute Gasteiger partial charge is 0.410 e. The van der Waals surface area contributed by atoms with Crippen LogP contribution in [0.25, 0.3) is 0 Å². The van der Waals surface area contributed by atoms with E-state index in [0.717, 1.165) is 0 Å². The van der Waals surface area contributed by atoms with E-state index in [4.69, 9.17) is 4.74 Å². The average Bonchev–Trinajstić information content (AvgIpc) is 2.14. The highest BCUT2D eigenvalue weighted by molar-refractivity contribution is 5.85. The van der Waals surface area contributed by atoms with Gasteiger partial charge in [-0.2, -0.15) is 0 Å². The Balaban J connectivity index is 4.79. The van der Waals surface area contributed by atoms with Gasteiger partial charge in [0.2, 0.25) is 5.91 Å². The Hall–Kier alpha value is -1.26. The fourth-order valence-electron chi connectivity index (χ4n) is 1.52. The Bertz CT molecular complexity index is 282. The van der Waals surface area contributed by atoms with E-state index >= 15 is 0 Å². The number of hydrogen-bond donors (Lipinski definition) is 1. The molecule has 1 N–H and O–H groups in total. The van der Waals surface area contributed by atoms with Crippen LogP contribution in [-0.2, 0) is 9.53 Å². The van der Waals surface area contributed by atoms with Crippen molar-refractivity contribution in [1.82, 2.24) is 10.2 Å². The third-order valence-electron chi connectivity index (χ3n) is 2.25. The lowest BCUT2D eigenvalue weighted by atomic mass is 10.0. The summed E-state index contributed by atoms with van der Waals surface area (Å²) in [6, 6.07) is -0.519. The fraction of sp³-hybridized carbons (Fsp3) is 0.833. The normalized spacial score (nSPS) is 13.2. The molecule has 0 aliphatic carbocycles. The molecular formula is C12H24N2O3. The van der Waals surface area contributed by atoms with Gasteiger partial charge in [-0.15, -0.1) is 0 Å². The Morgan fingerprint density at radius 3 is 2.00 bits per heavy atom. The molecule has 0 radical (unpaired) electrons. The Morgan fingerprint density at radius 2 is 1.71 bits per heavy atom. The van der Waals surface area contributed by atoms with Gasteiger partial charge in [0.05, 0.1) is 0 Å². The van der Waals surface area contributed by atoms with E-state index in [1.54, 1.807) is 34.9 Å². The second-order valence-electron chi connectivity index (χ2n) is 5.39. The van der Waals surface area contributed by atoms with Gasteiger partial charge in [-0.1, -0.05) is 13.8 Å². The minimum atomic E-state index is -0.560. The number of nitrogens with zero attached hydrogens (tertiary/aromatic N) is 1. The van der Waals surface area contributed by atoms with E-state index in [0.29, 0.717) is 0 Å². The Morgan fingerprint density at radius 1 is 1.24 bits per heavy atom. The van der Waals surface area contributed by atoms with Crippen molar-refractivity contribution in [3.8, 4) is 0 Å². The molecule has 2 amide bonds. The largest absolute Gasteiger partial charge is 0.444 e. The molecule has 0 fully saturated rings. The van der Waals surface area contributed by atoms with Crippen LogP contribution < -0.4 is 5.32 Å². The van der Waals surface area contributed by atoms with Crippen LogP contribution >= 0.6 is 0 Å². The summed E-state index contributed by atoms with van der Waals surface area (Å²) in [5.41, 5.74) is -0.560. The van der Waals surface area contributed by atoms with Gasteiger partial charge in [0.1, 0.15) is 11.6 Å². The van der Waals surface area contributed by atoms with Crippen molar-refractivity contribution in [3.05, 3.63) is 0 Å². The third kappa shape index (κ3) is 5.06. The Labute approximate surface area is 103 Å². The highest BCUT2D eigenvalue weighted by Gasteiger charge is 2.31. The van der Waals surface area contributed by atoms with Crippen molar-refractivity contribution in [2.75, 3.05) is 14.1 Å². The number of amides is 2.